The van der Waals surface area contributed by atoms with E-state index < -0.39 is 11.7 Å². The highest BCUT2D eigenvalue weighted by Crippen LogP contribution is 2.44. The molecule has 106 valence electrons. The first kappa shape index (κ1) is 13.6. The van der Waals surface area contributed by atoms with Gasteiger partial charge in [0.15, 0.2) is 0 Å². The van der Waals surface area contributed by atoms with Crippen molar-refractivity contribution in [2.45, 2.75) is 24.9 Å². The normalized spacial score (nSPS) is 14.8. The van der Waals surface area contributed by atoms with Gasteiger partial charge < -0.3 is 0 Å². The Morgan fingerprint density at radius 1 is 1.14 bits per heavy atom. The molecule has 1 aliphatic rings. The second kappa shape index (κ2) is 4.88. The van der Waals surface area contributed by atoms with E-state index in [1.54, 1.807) is 36.4 Å². The predicted octanol–water partition coefficient (Wildman–Crippen LogP) is 4.52. The van der Waals surface area contributed by atoms with Crippen molar-refractivity contribution in [3.8, 4) is 17.3 Å². The zero-order valence-corrected chi connectivity index (χ0v) is 11.0. The average molecular weight is 288 g/mol. The Morgan fingerprint density at radius 2 is 1.81 bits per heavy atom. The molecular weight excluding hydrogens is 277 g/mol. The first-order valence-corrected chi connectivity index (χ1v) is 6.58. The third-order valence-corrected chi connectivity index (χ3v) is 3.50. The Labute approximate surface area is 119 Å². The zero-order valence-electron chi connectivity index (χ0n) is 11.0. The molecule has 1 fully saturated rings. The maximum atomic E-state index is 13.2. The van der Waals surface area contributed by atoms with E-state index >= 15 is 0 Å². The molecule has 2 aromatic rings. The van der Waals surface area contributed by atoms with Crippen molar-refractivity contribution >= 4 is 0 Å². The first-order valence-electron chi connectivity index (χ1n) is 6.58. The third-order valence-electron chi connectivity index (χ3n) is 3.50. The molecule has 0 atom stereocenters. The summed E-state index contributed by atoms with van der Waals surface area (Å²) in [5, 5.41) is 9.11. The maximum absolute atomic E-state index is 13.2. The summed E-state index contributed by atoms with van der Waals surface area (Å²) in [5.41, 5.74) is -0.0465. The van der Waals surface area contributed by atoms with Gasteiger partial charge in [-0.25, -0.2) is 0 Å². The largest absolute Gasteiger partial charge is 0.417 e. The van der Waals surface area contributed by atoms with Gasteiger partial charge in [0.2, 0.25) is 0 Å². The van der Waals surface area contributed by atoms with Crippen LogP contribution >= 0.6 is 0 Å². The number of hydrogen-bond acceptors (Lipinski definition) is 2. The van der Waals surface area contributed by atoms with E-state index in [0.29, 0.717) is 5.56 Å². The average Bonchev–Trinajstić information content (AvgIpc) is 3.30. The van der Waals surface area contributed by atoms with Crippen LogP contribution in [0.25, 0.3) is 11.3 Å². The molecular formula is C16H11F3N2. The fraction of sp³-hybridized carbons (Fsp3) is 0.250. The van der Waals surface area contributed by atoms with Crippen molar-refractivity contribution < 1.29 is 13.2 Å². The van der Waals surface area contributed by atoms with Gasteiger partial charge in [0.25, 0.3) is 0 Å². The summed E-state index contributed by atoms with van der Waals surface area (Å²) in [6.45, 7) is 0. The van der Waals surface area contributed by atoms with Crippen molar-refractivity contribution in [3.05, 3.63) is 53.2 Å². The Hall–Kier alpha value is -2.35. The van der Waals surface area contributed by atoms with Gasteiger partial charge in [-0.3, -0.25) is 4.98 Å². The number of hydrogen-bond donors (Lipinski definition) is 0. The van der Waals surface area contributed by atoms with E-state index in [1.807, 2.05) is 0 Å². The molecule has 0 bridgehead atoms. The van der Waals surface area contributed by atoms with Crippen LogP contribution in [0.15, 0.2) is 36.4 Å². The summed E-state index contributed by atoms with van der Waals surface area (Å²) >= 11 is 0. The fourth-order valence-corrected chi connectivity index (χ4v) is 2.31. The number of pyridine rings is 1. The lowest BCUT2D eigenvalue weighted by molar-refractivity contribution is -0.137. The molecule has 1 aromatic carbocycles. The van der Waals surface area contributed by atoms with E-state index in [4.69, 9.17) is 5.26 Å². The van der Waals surface area contributed by atoms with Crippen LogP contribution in [0, 0.1) is 11.3 Å². The number of halogens is 3. The van der Waals surface area contributed by atoms with Gasteiger partial charge in [0.05, 0.1) is 22.5 Å². The number of rotatable bonds is 2. The van der Waals surface area contributed by atoms with Crippen LogP contribution in [0.4, 0.5) is 13.2 Å². The van der Waals surface area contributed by atoms with Crippen molar-refractivity contribution in [1.82, 2.24) is 4.98 Å². The minimum Gasteiger partial charge on any atom is -0.251 e. The summed E-state index contributed by atoms with van der Waals surface area (Å²) in [6, 6.07) is 11.4. The maximum Gasteiger partial charge on any atom is 0.417 e. The SMILES string of the molecule is N#Cc1c(C(F)(F)F)cc(-c2ccccc2)nc1C1CC1. The second-order valence-electron chi connectivity index (χ2n) is 5.07. The van der Waals surface area contributed by atoms with Crippen LogP contribution < -0.4 is 0 Å². The fourth-order valence-electron chi connectivity index (χ4n) is 2.31. The topological polar surface area (TPSA) is 36.7 Å². The smallest absolute Gasteiger partial charge is 0.251 e. The summed E-state index contributed by atoms with van der Waals surface area (Å²) in [5.74, 6) is -0.0237. The minimum atomic E-state index is -4.55. The highest BCUT2D eigenvalue weighted by atomic mass is 19.4. The summed E-state index contributed by atoms with van der Waals surface area (Å²) in [7, 11) is 0. The lowest BCUT2D eigenvalue weighted by atomic mass is 10.0. The first-order chi connectivity index (χ1) is 10.0. The molecule has 0 amide bonds. The zero-order chi connectivity index (χ0) is 15.0. The van der Waals surface area contributed by atoms with Gasteiger partial charge in [0, 0.05) is 11.5 Å². The lowest BCUT2D eigenvalue weighted by Gasteiger charge is -2.14. The number of nitrogens with zero attached hydrogens (tertiary/aromatic N) is 2. The molecule has 1 heterocycles. The molecule has 0 N–H and O–H groups in total. The van der Waals surface area contributed by atoms with Crippen LogP contribution in [-0.2, 0) is 6.18 Å². The van der Waals surface area contributed by atoms with Crippen molar-refractivity contribution in [1.29, 1.82) is 5.26 Å². The number of alkyl halides is 3. The predicted molar refractivity (Wildman–Crippen MR) is 71.4 cm³/mol. The molecule has 1 aliphatic carbocycles. The minimum absolute atomic E-state index is 0.0237. The Morgan fingerprint density at radius 3 is 2.33 bits per heavy atom. The van der Waals surface area contributed by atoms with Crippen molar-refractivity contribution in [2.24, 2.45) is 0 Å². The molecule has 0 saturated heterocycles. The molecule has 0 unspecified atom stereocenters. The highest BCUT2D eigenvalue weighted by molar-refractivity contribution is 5.63. The van der Waals surface area contributed by atoms with E-state index in [9.17, 15) is 13.2 Å². The van der Waals surface area contributed by atoms with E-state index in [0.717, 1.165) is 18.9 Å². The molecule has 0 aliphatic heterocycles. The van der Waals surface area contributed by atoms with E-state index in [1.165, 1.54) is 0 Å². The van der Waals surface area contributed by atoms with Crippen LogP contribution in [0.2, 0.25) is 0 Å². The Bertz CT molecular complexity index is 711. The van der Waals surface area contributed by atoms with Crippen molar-refractivity contribution in [3.63, 3.8) is 0 Å². The highest BCUT2D eigenvalue weighted by Gasteiger charge is 2.38. The molecule has 0 radical (unpaired) electrons. The molecule has 0 spiro atoms. The van der Waals surface area contributed by atoms with Gasteiger partial charge in [-0.05, 0) is 18.9 Å². The summed E-state index contributed by atoms with van der Waals surface area (Å²) in [6.07, 6.45) is -2.98. The van der Waals surface area contributed by atoms with Gasteiger partial charge in [-0.2, -0.15) is 18.4 Å². The molecule has 1 saturated carbocycles. The number of aromatic nitrogens is 1. The van der Waals surface area contributed by atoms with Crippen LogP contribution in [0.1, 0.15) is 35.6 Å². The van der Waals surface area contributed by atoms with Gasteiger partial charge in [-0.15, -0.1) is 0 Å². The molecule has 3 rings (SSSR count). The Kier molecular flexibility index (Phi) is 3.17. The molecule has 5 heteroatoms. The third kappa shape index (κ3) is 2.62. The van der Waals surface area contributed by atoms with Gasteiger partial charge in [0.1, 0.15) is 6.07 Å². The summed E-state index contributed by atoms with van der Waals surface area (Å²) < 4.78 is 39.6. The van der Waals surface area contributed by atoms with Crippen LogP contribution in [-0.4, -0.2) is 4.98 Å². The molecule has 2 nitrogen and oxygen atoms in total. The van der Waals surface area contributed by atoms with E-state index in [2.05, 4.69) is 4.98 Å². The lowest BCUT2D eigenvalue weighted by Crippen LogP contribution is -2.11. The van der Waals surface area contributed by atoms with Crippen LogP contribution in [0.3, 0.4) is 0 Å². The number of nitriles is 1. The standard InChI is InChI=1S/C16H11F3N2/c17-16(18,19)13-8-14(10-4-2-1-3-5-10)21-15(11-6-7-11)12(13)9-20/h1-5,8,11H,6-7H2. The van der Waals surface area contributed by atoms with Crippen molar-refractivity contribution in [2.75, 3.05) is 0 Å². The quantitative estimate of drug-likeness (QED) is 0.814. The molecule has 1 aromatic heterocycles. The van der Waals surface area contributed by atoms with Gasteiger partial charge in [-0.1, -0.05) is 30.3 Å². The van der Waals surface area contributed by atoms with E-state index in [-0.39, 0.29) is 22.9 Å². The van der Waals surface area contributed by atoms with Crippen LogP contribution in [0.5, 0.6) is 0 Å². The number of benzene rings is 1. The second-order valence-corrected chi connectivity index (χ2v) is 5.07. The Balaban J connectivity index is 2.24. The monoisotopic (exact) mass is 288 g/mol. The van der Waals surface area contributed by atoms with Gasteiger partial charge >= 0.3 is 6.18 Å². The molecule has 21 heavy (non-hydrogen) atoms. The summed E-state index contributed by atoms with van der Waals surface area (Å²) in [4.78, 5) is 4.33.